The second-order valence-corrected chi connectivity index (χ2v) is 10.2. The smallest absolute Gasteiger partial charge is 0.305 e. The first-order chi connectivity index (χ1) is 17.1. The van der Waals surface area contributed by atoms with Gasteiger partial charge in [-0.3, -0.25) is 19.3 Å². The average molecular weight is 474 g/mol. The van der Waals surface area contributed by atoms with E-state index in [2.05, 4.69) is 31.2 Å². The summed E-state index contributed by atoms with van der Waals surface area (Å²) in [7, 11) is 0. The molecular formula is C30H35NO4. The maximum Gasteiger partial charge on any atom is 0.305 e. The Hall–Kier alpha value is -2.95. The number of unbranched alkanes of at least 4 members (excludes halogenated alkanes) is 5. The summed E-state index contributed by atoms with van der Waals surface area (Å²) in [6.07, 6.45) is 7.00. The highest BCUT2D eigenvalue weighted by Crippen LogP contribution is 2.60. The lowest BCUT2D eigenvalue weighted by Crippen LogP contribution is -2.41. The molecule has 3 aliphatic carbocycles. The predicted molar refractivity (Wildman–Crippen MR) is 134 cm³/mol. The molecule has 2 amide bonds. The Morgan fingerprint density at radius 1 is 0.743 bits per heavy atom. The molecule has 0 unspecified atom stereocenters. The summed E-state index contributed by atoms with van der Waals surface area (Å²) in [5.74, 6) is -0.902. The average Bonchev–Trinajstić information content (AvgIpc) is 3.13. The Morgan fingerprint density at radius 2 is 1.26 bits per heavy atom. The van der Waals surface area contributed by atoms with Gasteiger partial charge in [0.1, 0.15) is 0 Å². The quantitative estimate of drug-likeness (QED) is 0.243. The molecule has 2 aromatic rings. The lowest BCUT2D eigenvalue weighted by atomic mass is 9.55. The molecule has 5 heteroatoms. The SMILES string of the molecule is CCCCCCOC(=O)CCCCCN1C(=O)[C@@H]2C3c4ccccc4C(c4ccccc43)[C@H]2C1=O. The van der Waals surface area contributed by atoms with Crippen molar-refractivity contribution in [2.24, 2.45) is 11.8 Å². The number of hydrogen-bond acceptors (Lipinski definition) is 4. The van der Waals surface area contributed by atoms with Crippen LogP contribution >= 0.6 is 0 Å². The Balaban J connectivity index is 1.19. The second-order valence-electron chi connectivity index (χ2n) is 10.2. The predicted octanol–water partition coefficient (Wildman–Crippen LogP) is 5.56. The van der Waals surface area contributed by atoms with Gasteiger partial charge in [0.15, 0.2) is 0 Å². The van der Waals surface area contributed by atoms with Gasteiger partial charge in [-0.25, -0.2) is 0 Å². The second kappa shape index (κ2) is 10.3. The van der Waals surface area contributed by atoms with Gasteiger partial charge in [-0.1, -0.05) is 81.1 Å². The van der Waals surface area contributed by atoms with Crippen LogP contribution in [0, 0.1) is 11.8 Å². The Labute approximate surface area is 207 Å². The molecule has 1 saturated heterocycles. The lowest BCUT2D eigenvalue weighted by molar-refractivity contribution is -0.144. The van der Waals surface area contributed by atoms with Crippen LogP contribution in [0.1, 0.15) is 92.4 Å². The van der Waals surface area contributed by atoms with Gasteiger partial charge in [-0.2, -0.15) is 0 Å². The first kappa shape index (κ1) is 23.8. The van der Waals surface area contributed by atoms with E-state index in [1.807, 2.05) is 24.3 Å². The van der Waals surface area contributed by atoms with Crippen LogP contribution in [0.25, 0.3) is 0 Å². The molecule has 2 atom stereocenters. The van der Waals surface area contributed by atoms with Crippen LogP contribution in [0.3, 0.4) is 0 Å². The van der Waals surface area contributed by atoms with Crippen LogP contribution in [0.4, 0.5) is 0 Å². The molecule has 0 aromatic heterocycles. The number of imide groups is 1. The number of nitrogens with zero attached hydrogens (tertiary/aromatic N) is 1. The fourth-order valence-electron chi connectivity index (χ4n) is 6.46. The van der Waals surface area contributed by atoms with Crippen molar-refractivity contribution in [1.29, 1.82) is 0 Å². The van der Waals surface area contributed by atoms with Gasteiger partial charge in [0.2, 0.25) is 11.8 Å². The van der Waals surface area contributed by atoms with E-state index in [9.17, 15) is 14.4 Å². The summed E-state index contributed by atoms with van der Waals surface area (Å²) in [5.41, 5.74) is 4.81. The molecule has 1 heterocycles. The first-order valence-corrected chi connectivity index (χ1v) is 13.3. The van der Waals surface area contributed by atoms with Crippen molar-refractivity contribution in [2.45, 2.75) is 70.1 Å². The maximum atomic E-state index is 13.6. The fraction of sp³-hybridized carbons (Fsp3) is 0.500. The first-order valence-electron chi connectivity index (χ1n) is 13.3. The molecule has 1 aliphatic heterocycles. The summed E-state index contributed by atoms with van der Waals surface area (Å²) in [5, 5.41) is 0. The van der Waals surface area contributed by atoms with Crippen molar-refractivity contribution in [3.63, 3.8) is 0 Å². The van der Waals surface area contributed by atoms with Gasteiger partial charge in [0, 0.05) is 24.8 Å². The number of hydrogen-bond donors (Lipinski definition) is 0. The van der Waals surface area contributed by atoms with Crippen molar-refractivity contribution in [1.82, 2.24) is 4.90 Å². The number of benzene rings is 2. The number of carbonyl (C=O) groups is 3. The van der Waals surface area contributed by atoms with Crippen molar-refractivity contribution >= 4 is 17.8 Å². The van der Waals surface area contributed by atoms with E-state index in [1.54, 1.807) is 0 Å². The molecule has 0 saturated carbocycles. The van der Waals surface area contributed by atoms with Crippen LogP contribution in [0.5, 0.6) is 0 Å². The lowest BCUT2D eigenvalue weighted by Gasteiger charge is -2.45. The van der Waals surface area contributed by atoms with Gasteiger partial charge in [-0.05, 0) is 41.5 Å². The highest BCUT2D eigenvalue weighted by molar-refractivity contribution is 6.07. The topological polar surface area (TPSA) is 63.7 Å². The summed E-state index contributed by atoms with van der Waals surface area (Å²) in [6, 6.07) is 16.6. The number of carbonyl (C=O) groups excluding carboxylic acids is 3. The van der Waals surface area contributed by atoms with Crippen LogP contribution in [0.2, 0.25) is 0 Å². The fourth-order valence-corrected chi connectivity index (χ4v) is 6.46. The van der Waals surface area contributed by atoms with Crippen LogP contribution in [-0.2, 0) is 19.1 Å². The summed E-state index contributed by atoms with van der Waals surface area (Å²) >= 11 is 0. The standard InChI is InChI=1S/C30H35NO4/c1-2-3-4-12-19-35-24(32)17-6-5-11-18-31-29(33)27-25-20-13-7-8-14-21(20)26(28(27)30(31)34)23-16-10-9-15-22(23)25/h7-10,13-16,25-28H,2-6,11-12,17-19H2,1H3/t25?,26?,27-,28-/m1/s1. The van der Waals surface area contributed by atoms with E-state index in [0.29, 0.717) is 19.6 Å². The Morgan fingerprint density at radius 3 is 1.77 bits per heavy atom. The molecule has 2 aromatic carbocycles. The van der Waals surface area contributed by atoms with E-state index in [-0.39, 0.29) is 41.5 Å². The summed E-state index contributed by atoms with van der Waals surface area (Å²) in [6.45, 7) is 3.10. The number of esters is 1. The normalized spacial score (nSPS) is 23.7. The van der Waals surface area contributed by atoms with Crippen molar-refractivity contribution in [2.75, 3.05) is 13.2 Å². The van der Waals surface area contributed by atoms with Gasteiger partial charge in [0.05, 0.1) is 18.4 Å². The number of likely N-dealkylation sites (tertiary alicyclic amines) is 1. The third kappa shape index (κ3) is 4.30. The van der Waals surface area contributed by atoms with E-state index in [1.165, 1.54) is 40.0 Å². The van der Waals surface area contributed by atoms with Crippen molar-refractivity contribution < 1.29 is 19.1 Å². The van der Waals surface area contributed by atoms with E-state index < -0.39 is 0 Å². The van der Waals surface area contributed by atoms with E-state index in [0.717, 1.165) is 32.1 Å². The van der Waals surface area contributed by atoms with Gasteiger partial charge >= 0.3 is 5.97 Å². The molecule has 0 N–H and O–H groups in total. The molecule has 184 valence electrons. The van der Waals surface area contributed by atoms with Gasteiger partial charge in [-0.15, -0.1) is 0 Å². The van der Waals surface area contributed by atoms with E-state index >= 15 is 0 Å². The van der Waals surface area contributed by atoms with Crippen LogP contribution < -0.4 is 0 Å². The largest absolute Gasteiger partial charge is 0.466 e. The number of amides is 2. The number of ether oxygens (including phenoxy) is 1. The molecule has 1 fully saturated rings. The highest BCUT2D eigenvalue weighted by Gasteiger charge is 2.61. The minimum atomic E-state index is -0.306. The minimum absolute atomic E-state index is 0.0227. The molecular weight excluding hydrogens is 438 g/mol. The van der Waals surface area contributed by atoms with Gasteiger partial charge < -0.3 is 4.74 Å². The zero-order chi connectivity index (χ0) is 24.4. The molecule has 6 rings (SSSR count). The zero-order valence-corrected chi connectivity index (χ0v) is 20.6. The minimum Gasteiger partial charge on any atom is -0.466 e. The van der Waals surface area contributed by atoms with Crippen LogP contribution in [0.15, 0.2) is 48.5 Å². The summed E-state index contributed by atoms with van der Waals surface area (Å²) < 4.78 is 5.30. The molecule has 4 aliphatic rings. The summed E-state index contributed by atoms with van der Waals surface area (Å²) in [4.78, 5) is 40.5. The van der Waals surface area contributed by atoms with Gasteiger partial charge in [0.25, 0.3) is 0 Å². The molecule has 35 heavy (non-hydrogen) atoms. The van der Waals surface area contributed by atoms with E-state index in [4.69, 9.17) is 4.74 Å². The highest BCUT2D eigenvalue weighted by atomic mass is 16.5. The molecule has 0 spiro atoms. The van der Waals surface area contributed by atoms with Crippen molar-refractivity contribution in [3.8, 4) is 0 Å². The molecule has 5 nitrogen and oxygen atoms in total. The third-order valence-electron chi connectivity index (χ3n) is 8.06. The maximum absolute atomic E-state index is 13.6. The zero-order valence-electron chi connectivity index (χ0n) is 20.6. The monoisotopic (exact) mass is 473 g/mol. The molecule has 2 bridgehead atoms. The Kier molecular flexibility index (Phi) is 7.03. The van der Waals surface area contributed by atoms with Crippen LogP contribution in [-0.4, -0.2) is 35.8 Å². The third-order valence-corrected chi connectivity index (χ3v) is 8.06. The Bertz CT molecular complexity index is 994. The molecule has 0 radical (unpaired) electrons. The number of rotatable bonds is 11. The van der Waals surface area contributed by atoms with Crippen molar-refractivity contribution in [3.05, 3.63) is 70.8 Å².